The lowest BCUT2D eigenvalue weighted by Crippen LogP contribution is -2.29. The van der Waals surface area contributed by atoms with Crippen molar-refractivity contribution >= 4 is 11.0 Å². The zero-order valence-corrected chi connectivity index (χ0v) is 13.4. The van der Waals surface area contributed by atoms with E-state index in [0.29, 0.717) is 24.4 Å². The van der Waals surface area contributed by atoms with Gasteiger partial charge in [-0.05, 0) is 32.0 Å². The van der Waals surface area contributed by atoms with Crippen LogP contribution >= 0.6 is 0 Å². The zero-order valence-electron chi connectivity index (χ0n) is 13.4. The molecule has 1 aliphatic heterocycles. The van der Waals surface area contributed by atoms with Gasteiger partial charge in [-0.2, -0.15) is 13.2 Å². The van der Waals surface area contributed by atoms with E-state index in [9.17, 15) is 17.6 Å². The third kappa shape index (κ3) is 3.54. The molecule has 1 fully saturated rings. The molecule has 1 N–H and O–H groups in total. The molecule has 1 aromatic carbocycles. The zero-order chi connectivity index (χ0) is 17.5. The van der Waals surface area contributed by atoms with Crippen LogP contribution in [0.15, 0.2) is 18.2 Å². The number of benzene rings is 1. The summed E-state index contributed by atoms with van der Waals surface area (Å²) in [5.41, 5.74) is -0.0256. The standard InChI is InChI=1S/C16H19F4N3O/c1-9(2)23-6-11(17)14(7-23)24-8-15-21-12-4-3-10(16(18,19)20)5-13(12)22-15/h3-5,9,11,14H,6-8H2,1-2H3,(H,21,22). The summed E-state index contributed by atoms with van der Waals surface area (Å²) in [6, 6.07) is 3.55. The van der Waals surface area contributed by atoms with Crippen molar-refractivity contribution in [1.29, 1.82) is 0 Å². The van der Waals surface area contributed by atoms with Crippen molar-refractivity contribution in [3.8, 4) is 0 Å². The monoisotopic (exact) mass is 345 g/mol. The summed E-state index contributed by atoms with van der Waals surface area (Å²) < 4.78 is 57.7. The second-order valence-corrected chi connectivity index (χ2v) is 6.33. The number of rotatable bonds is 4. The first-order valence-corrected chi connectivity index (χ1v) is 7.79. The Morgan fingerprint density at radius 1 is 1.33 bits per heavy atom. The Balaban J connectivity index is 1.68. The normalized spacial score (nSPS) is 22.8. The fourth-order valence-electron chi connectivity index (χ4n) is 2.83. The summed E-state index contributed by atoms with van der Waals surface area (Å²) >= 11 is 0. The first-order valence-electron chi connectivity index (χ1n) is 7.79. The first kappa shape index (κ1) is 17.2. The number of hydrogen-bond acceptors (Lipinski definition) is 3. The van der Waals surface area contributed by atoms with Crippen LogP contribution in [-0.4, -0.2) is 46.3 Å². The van der Waals surface area contributed by atoms with Crippen molar-refractivity contribution in [3.05, 3.63) is 29.6 Å². The topological polar surface area (TPSA) is 41.1 Å². The Morgan fingerprint density at radius 2 is 2.08 bits per heavy atom. The molecular formula is C16H19F4N3O. The molecule has 2 heterocycles. The predicted molar refractivity (Wildman–Crippen MR) is 81.3 cm³/mol. The van der Waals surface area contributed by atoms with Crippen LogP contribution in [-0.2, 0) is 17.5 Å². The van der Waals surface area contributed by atoms with E-state index in [1.165, 1.54) is 6.07 Å². The number of imidazole rings is 1. The van der Waals surface area contributed by atoms with Gasteiger partial charge < -0.3 is 9.72 Å². The minimum Gasteiger partial charge on any atom is -0.366 e. The van der Waals surface area contributed by atoms with E-state index in [0.717, 1.165) is 12.1 Å². The van der Waals surface area contributed by atoms with E-state index in [2.05, 4.69) is 9.97 Å². The maximum Gasteiger partial charge on any atom is 0.416 e. The maximum atomic E-state index is 14.0. The Hall–Kier alpha value is -1.67. The molecule has 0 saturated carbocycles. The second kappa shape index (κ2) is 6.33. The van der Waals surface area contributed by atoms with Crippen molar-refractivity contribution in [2.75, 3.05) is 13.1 Å². The first-order chi connectivity index (χ1) is 11.2. The lowest BCUT2D eigenvalue weighted by molar-refractivity contribution is -0.137. The number of likely N-dealkylation sites (tertiary alicyclic amines) is 1. The summed E-state index contributed by atoms with van der Waals surface area (Å²) in [6.45, 7) is 4.85. The third-order valence-corrected chi connectivity index (χ3v) is 4.25. The van der Waals surface area contributed by atoms with Gasteiger partial charge in [0, 0.05) is 19.1 Å². The van der Waals surface area contributed by atoms with E-state index >= 15 is 0 Å². The van der Waals surface area contributed by atoms with Gasteiger partial charge in [0.15, 0.2) is 0 Å². The van der Waals surface area contributed by atoms with Gasteiger partial charge in [0.2, 0.25) is 0 Å². The van der Waals surface area contributed by atoms with Gasteiger partial charge >= 0.3 is 6.18 Å². The predicted octanol–water partition coefficient (Wildman–Crippen LogP) is 3.53. The molecule has 1 aromatic heterocycles. The number of alkyl halides is 4. The molecule has 24 heavy (non-hydrogen) atoms. The highest BCUT2D eigenvalue weighted by Crippen LogP contribution is 2.31. The van der Waals surface area contributed by atoms with Crippen molar-refractivity contribution in [1.82, 2.24) is 14.9 Å². The van der Waals surface area contributed by atoms with E-state index in [4.69, 9.17) is 4.74 Å². The van der Waals surface area contributed by atoms with Crippen molar-refractivity contribution < 1.29 is 22.3 Å². The van der Waals surface area contributed by atoms with E-state index in [-0.39, 0.29) is 18.2 Å². The maximum absolute atomic E-state index is 14.0. The lowest BCUT2D eigenvalue weighted by atomic mass is 10.2. The molecule has 2 unspecified atom stereocenters. The lowest BCUT2D eigenvalue weighted by Gasteiger charge is -2.19. The Labute approximate surface area is 136 Å². The Kier molecular flexibility index (Phi) is 4.52. The Morgan fingerprint density at radius 3 is 2.71 bits per heavy atom. The minimum atomic E-state index is -4.40. The quantitative estimate of drug-likeness (QED) is 0.862. The molecule has 0 radical (unpaired) electrons. The molecule has 0 amide bonds. The molecule has 1 aliphatic rings. The molecule has 1 saturated heterocycles. The molecule has 2 atom stereocenters. The van der Waals surface area contributed by atoms with Crippen LogP contribution in [0, 0.1) is 0 Å². The Bertz CT molecular complexity index is 713. The van der Waals surface area contributed by atoms with Gasteiger partial charge in [-0.25, -0.2) is 9.37 Å². The SMILES string of the molecule is CC(C)N1CC(F)C(OCc2nc3ccc(C(F)(F)F)cc3[nH]2)C1. The second-order valence-electron chi connectivity index (χ2n) is 6.33. The van der Waals surface area contributed by atoms with Crippen LogP contribution in [0.25, 0.3) is 11.0 Å². The number of fused-ring (bicyclic) bond motifs is 1. The van der Waals surface area contributed by atoms with E-state index < -0.39 is 24.0 Å². The number of nitrogens with zero attached hydrogens (tertiary/aromatic N) is 2. The molecule has 8 heteroatoms. The number of nitrogens with one attached hydrogen (secondary N) is 1. The van der Waals surface area contributed by atoms with Gasteiger partial charge in [0.1, 0.15) is 24.7 Å². The molecule has 0 spiro atoms. The number of hydrogen-bond donors (Lipinski definition) is 1. The van der Waals surface area contributed by atoms with Gasteiger partial charge in [-0.3, -0.25) is 4.90 Å². The van der Waals surface area contributed by atoms with Gasteiger partial charge in [-0.1, -0.05) is 0 Å². The molecule has 0 bridgehead atoms. The number of halogens is 4. The van der Waals surface area contributed by atoms with Crippen LogP contribution in [0.3, 0.4) is 0 Å². The fourth-order valence-corrected chi connectivity index (χ4v) is 2.83. The minimum absolute atomic E-state index is 0.0348. The van der Waals surface area contributed by atoms with Gasteiger partial charge in [0.25, 0.3) is 0 Å². The highest BCUT2D eigenvalue weighted by atomic mass is 19.4. The molecular weight excluding hydrogens is 326 g/mol. The van der Waals surface area contributed by atoms with Gasteiger partial charge in [0.05, 0.1) is 16.6 Å². The number of H-pyrrole nitrogens is 1. The fraction of sp³-hybridized carbons (Fsp3) is 0.562. The van der Waals surface area contributed by atoms with Crippen LogP contribution in [0.1, 0.15) is 25.2 Å². The van der Waals surface area contributed by atoms with Crippen molar-refractivity contribution in [2.45, 2.75) is 44.9 Å². The summed E-state index contributed by atoms with van der Waals surface area (Å²) in [6.07, 6.45) is -6.03. The third-order valence-electron chi connectivity index (χ3n) is 4.25. The van der Waals surface area contributed by atoms with Crippen molar-refractivity contribution in [3.63, 3.8) is 0 Å². The molecule has 3 rings (SSSR count). The molecule has 132 valence electrons. The summed E-state index contributed by atoms with van der Waals surface area (Å²) in [4.78, 5) is 8.99. The van der Waals surface area contributed by atoms with Crippen LogP contribution in [0.5, 0.6) is 0 Å². The summed E-state index contributed by atoms with van der Waals surface area (Å²) in [5.74, 6) is 0.388. The number of aromatic amines is 1. The smallest absolute Gasteiger partial charge is 0.366 e. The summed E-state index contributed by atoms with van der Waals surface area (Å²) in [7, 11) is 0. The summed E-state index contributed by atoms with van der Waals surface area (Å²) in [5, 5.41) is 0. The van der Waals surface area contributed by atoms with Crippen LogP contribution in [0.2, 0.25) is 0 Å². The number of aromatic nitrogens is 2. The van der Waals surface area contributed by atoms with Crippen LogP contribution in [0.4, 0.5) is 17.6 Å². The van der Waals surface area contributed by atoms with Gasteiger partial charge in [-0.15, -0.1) is 0 Å². The molecule has 0 aliphatic carbocycles. The van der Waals surface area contributed by atoms with E-state index in [1.54, 1.807) is 0 Å². The van der Waals surface area contributed by atoms with Crippen molar-refractivity contribution in [2.24, 2.45) is 0 Å². The largest absolute Gasteiger partial charge is 0.416 e. The van der Waals surface area contributed by atoms with E-state index in [1.807, 2.05) is 18.7 Å². The highest BCUT2D eigenvalue weighted by molar-refractivity contribution is 5.76. The molecule has 4 nitrogen and oxygen atoms in total. The van der Waals surface area contributed by atoms with Crippen LogP contribution < -0.4 is 0 Å². The molecule has 2 aromatic rings. The average molecular weight is 345 g/mol. The average Bonchev–Trinajstić information content (AvgIpc) is 3.06. The highest BCUT2D eigenvalue weighted by Gasteiger charge is 2.35. The number of ether oxygens (including phenoxy) is 1.